The number of hydrogen-bond donors (Lipinski definition) is 2. The van der Waals surface area contributed by atoms with E-state index in [9.17, 15) is 14.7 Å². The predicted octanol–water partition coefficient (Wildman–Crippen LogP) is 3.50. The molecule has 2 aromatic rings. The molecule has 3 amide bonds. The van der Waals surface area contributed by atoms with Crippen LogP contribution in [0.25, 0.3) is 11.3 Å². The molecule has 1 fully saturated rings. The number of ether oxygens (including phenoxy) is 1. The number of hydrogen-bond acceptors (Lipinski definition) is 8. The molecule has 0 aliphatic carbocycles. The minimum Gasteiger partial charge on any atom is -0.492 e. The van der Waals surface area contributed by atoms with E-state index >= 15 is 0 Å². The Bertz CT molecular complexity index is 1180. The molecule has 2 aliphatic heterocycles. The van der Waals surface area contributed by atoms with E-state index in [4.69, 9.17) is 15.1 Å². The van der Waals surface area contributed by atoms with Crippen LogP contribution < -0.4 is 9.64 Å². The van der Waals surface area contributed by atoms with E-state index in [-0.39, 0.29) is 24.4 Å². The maximum atomic E-state index is 12.8. The van der Waals surface area contributed by atoms with Crippen LogP contribution in [0.2, 0.25) is 0 Å². The minimum atomic E-state index is -1.01. The lowest BCUT2D eigenvalue weighted by atomic mass is 9.98. The first-order chi connectivity index (χ1) is 15.9. The van der Waals surface area contributed by atoms with Crippen LogP contribution >= 0.6 is 11.3 Å². The number of nitrogens with zero attached hydrogens (tertiary/aromatic N) is 4. The fourth-order valence-corrected chi connectivity index (χ4v) is 5.24. The highest BCUT2D eigenvalue weighted by molar-refractivity contribution is 7.16. The number of aliphatic hydroxyl groups is 1. The second kappa shape index (κ2) is 8.59. The van der Waals surface area contributed by atoms with Crippen LogP contribution in [0.5, 0.6) is 5.75 Å². The average molecular weight is 484 g/mol. The molecule has 0 bridgehead atoms. The first-order valence-electron chi connectivity index (χ1n) is 11.1. The fraction of sp³-hybridized carbons (Fsp3) is 0.458. The summed E-state index contributed by atoms with van der Waals surface area (Å²) in [6.45, 7) is 7.51. The van der Waals surface area contributed by atoms with Crippen LogP contribution in [0.15, 0.2) is 23.2 Å². The van der Waals surface area contributed by atoms with Gasteiger partial charge in [-0.25, -0.2) is 9.78 Å². The molecule has 9 nitrogen and oxygen atoms in total. The summed E-state index contributed by atoms with van der Waals surface area (Å²) in [6.07, 6.45) is 3.59. The highest BCUT2D eigenvalue weighted by Gasteiger charge is 2.51. The summed E-state index contributed by atoms with van der Waals surface area (Å²) in [7, 11) is 1.49. The third kappa shape index (κ3) is 4.23. The van der Waals surface area contributed by atoms with E-state index in [1.54, 1.807) is 33.9 Å². The number of likely N-dealkylation sites (N-methyl/N-ethyl adjacent to an activating group) is 1. The van der Waals surface area contributed by atoms with Crippen LogP contribution in [-0.2, 0) is 11.2 Å². The number of benzene rings is 1. The normalized spacial score (nSPS) is 18.5. The molecule has 1 saturated heterocycles. The van der Waals surface area contributed by atoms with Crippen molar-refractivity contribution >= 4 is 40.8 Å². The van der Waals surface area contributed by atoms with Gasteiger partial charge in [0.25, 0.3) is 5.91 Å². The van der Waals surface area contributed by atoms with Gasteiger partial charge in [0.15, 0.2) is 5.13 Å². The molecule has 0 radical (unpaired) electrons. The van der Waals surface area contributed by atoms with Crippen LogP contribution in [0.1, 0.15) is 44.1 Å². The Kier molecular flexibility index (Phi) is 6.07. The highest BCUT2D eigenvalue weighted by Crippen LogP contribution is 2.43. The number of thiazole rings is 1. The second-order valence-electron chi connectivity index (χ2n) is 9.66. The van der Waals surface area contributed by atoms with Crippen molar-refractivity contribution in [2.24, 2.45) is 4.99 Å². The third-order valence-electron chi connectivity index (χ3n) is 5.90. The molecule has 3 heterocycles. The van der Waals surface area contributed by atoms with Crippen molar-refractivity contribution in [2.45, 2.75) is 51.2 Å². The number of aromatic nitrogens is 1. The van der Waals surface area contributed by atoms with E-state index < -0.39 is 11.1 Å². The average Bonchev–Trinajstić information content (AvgIpc) is 3.16. The standard InChI is InChI=1S/C24H29N5O4S/c1-23(2,32)13-26-12-15(11-25)14-6-7-16-17(10-14)33-9-8-18-19(16)27-21(34-18)29-22(31)28(5)20(30)24(29,3)4/h6-7,10-12,15,25,32H,8-9,13H2,1-5H3. The number of fused-ring (bicyclic) bond motifs is 3. The van der Waals surface area contributed by atoms with Crippen LogP contribution in [-0.4, -0.2) is 70.7 Å². The lowest BCUT2D eigenvalue weighted by Gasteiger charge is -2.25. The van der Waals surface area contributed by atoms with Gasteiger partial charge in [-0.15, -0.1) is 11.3 Å². The number of nitrogens with one attached hydrogen (secondary N) is 1. The topological polar surface area (TPSA) is 119 Å². The molecule has 0 spiro atoms. The smallest absolute Gasteiger partial charge is 0.333 e. The number of urea groups is 1. The zero-order valence-electron chi connectivity index (χ0n) is 20.0. The summed E-state index contributed by atoms with van der Waals surface area (Å²) in [6, 6.07) is 5.32. The lowest BCUT2D eigenvalue weighted by molar-refractivity contribution is -0.128. The van der Waals surface area contributed by atoms with Gasteiger partial charge in [-0.2, -0.15) is 0 Å². The van der Waals surface area contributed by atoms with Gasteiger partial charge in [0.1, 0.15) is 11.3 Å². The lowest BCUT2D eigenvalue weighted by Crippen LogP contribution is -2.44. The zero-order chi connectivity index (χ0) is 24.8. The third-order valence-corrected chi connectivity index (χ3v) is 7.00. The molecule has 1 atom stereocenters. The van der Waals surface area contributed by atoms with Gasteiger partial charge in [0, 0.05) is 36.3 Å². The number of amides is 3. The van der Waals surface area contributed by atoms with E-state index in [2.05, 4.69) is 4.99 Å². The van der Waals surface area contributed by atoms with Crippen molar-refractivity contribution in [1.82, 2.24) is 9.88 Å². The van der Waals surface area contributed by atoms with Gasteiger partial charge >= 0.3 is 6.03 Å². The molecular weight excluding hydrogens is 454 g/mol. The minimum absolute atomic E-state index is 0.243. The maximum absolute atomic E-state index is 12.8. The molecule has 2 aliphatic rings. The van der Waals surface area contributed by atoms with Crippen molar-refractivity contribution in [3.63, 3.8) is 0 Å². The van der Waals surface area contributed by atoms with Gasteiger partial charge < -0.3 is 15.3 Å². The summed E-state index contributed by atoms with van der Waals surface area (Å²) < 4.78 is 6.01. The Morgan fingerprint density at radius 2 is 2.12 bits per heavy atom. The number of imide groups is 1. The van der Waals surface area contributed by atoms with Crippen molar-refractivity contribution < 1.29 is 19.4 Å². The van der Waals surface area contributed by atoms with Gasteiger partial charge in [-0.05, 0) is 45.4 Å². The Balaban J connectivity index is 1.68. The van der Waals surface area contributed by atoms with E-state index in [1.165, 1.54) is 29.5 Å². The van der Waals surface area contributed by atoms with Crippen LogP contribution in [0, 0.1) is 5.41 Å². The molecule has 1 aromatic heterocycles. The number of carbonyl (C=O) groups is 2. The fourth-order valence-electron chi connectivity index (χ4n) is 4.05. The molecule has 4 rings (SSSR count). The summed E-state index contributed by atoms with van der Waals surface area (Å²) in [5, 5.41) is 18.2. The molecule has 1 unspecified atom stereocenters. The summed E-state index contributed by atoms with van der Waals surface area (Å²) >= 11 is 1.40. The quantitative estimate of drug-likeness (QED) is 0.481. The Labute approximate surface area is 202 Å². The SMILES string of the molecule is CN1C(=O)N(c2nc3c(s2)CCOc2cc(C(C=N)C=NCC(C)(C)O)ccc2-3)C(C)(C)C1=O. The second-order valence-corrected chi connectivity index (χ2v) is 10.7. The molecule has 0 saturated carbocycles. The van der Waals surface area contributed by atoms with Crippen molar-refractivity contribution in [2.75, 3.05) is 25.1 Å². The monoisotopic (exact) mass is 483 g/mol. The highest BCUT2D eigenvalue weighted by atomic mass is 32.1. The molecular formula is C24H29N5O4S. The predicted molar refractivity (Wildman–Crippen MR) is 133 cm³/mol. The van der Waals surface area contributed by atoms with Crippen LogP contribution in [0.4, 0.5) is 9.93 Å². The first-order valence-corrected chi connectivity index (χ1v) is 11.9. The largest absolute Gasteiger partial charge is 0.492 e. The van der Waals surface area contributed by atoms with Crippen LogP contribution in [0.3, 0.4) is 0 Å². The Hall–Kier alpha value is -3.11. The van der Waals surface area contributed by atoms with Crippen molar-refractivity contribution in [1.29, 1.82) is 5.41 Å². The molecule has 10 heteroatoms. The zero-order valence-corrected chi connectivity index (χ0v) is 20.8. The Morgan fingerprint density at radius 3 is 2.74 bits per heavy atom. The summed E-state index contributed by atoms with van der Waals surface area (Å²) in [4.78, 5) is 38.0. The maximum Gasteiger partial charge on any atom is 0.333 e. The van der Waals surface area contributed by atoms with Gasteiger partial charge in [-0.1, -0.05) is 6.07 Å². The Morgan fingerprint density at radius 1 is 1.38 bits per heavy atom. The molecule has 1 aromatic carbocycles. The molecule has 34 heavy (non-hydrogen) atoms. The number of anilines is 1. The van der Waals surface area contributed by atoms with E-state index in [1.807, 2.05) is 18.2 Å². The van der Waals surface area contributed by atoms with E-state index in [0.29, 0.717) is 23.9 Å². The number of rotatable bonds is 6. The number of aliphatic imine (C=N–C) groups is 1. The van der Waals surface area contributed by atoms with E-state index in [0.717, 1.165) is 26.6 Å². The van der Waals surface area contributed by atoms with Crippen molar-refractivity contribution in [3.05, 3.63) is 28.6 Å². The number of carbonyl (C=O) groups excluding carboxylic acids is 2. The van der Waals surface area contributed by atoms with Crippen molar-refractivity contribution in [3.8, 4) is 17.0 Å². The molecule has 2 N–H and O–H groups in total. The summed E-state index contributed by atoms with van der Waals surface area (Å²) in [5.74, 6) is 0.0331. The van der Waals surface area contributed by atoms with Gasteiger partial charge in [0.2, 0.25) is 0 Å². The first kappa shape index (κ1) is 24.0. The van der Waals surface area contributed by atoms with Gasteiger partial charge in [0.05, 0.1) is 30.4 Å². The molecule has 180 valence electrons. The van der Waals surface area contributed by atoms with Gasteiger partial charge in [-0.3, -0.25) is 19.6 Å². The summed E-state index contributed by atoms with van der Waals surface area (Å²) in [5.41, 5.74) is 0.469.